The zero-order chi connectivity index (χ0) is 16.3. The average molecular weight is 294 g/mol. The number of benzene rings is 1. The molecule has 1 unspecified atom stereocenters. The molecule has 1 aromatic carbocycles. The smallest absolute Gasteiger partial charge is 0.154 e. The third kappa shape index (κ3) is 10.2. The highest BCUT2D eigenvalue weighted by atomic mass is 16.7. The van der Waals surface area contributed by atoms with Crippen molar-refractivity contribution in [1.82, 2.24) is 0 Å². The lowest BCUT2D eigenvalue weighted by Gasteiger charge is -2.07. The lowest BCUT2D eigenvalue weighted by molar-refractivity contribution is -0.110. The van der Waals surface area contributed by atoms with Crippen LogP contribution in [-0.4, -0.2) is 26.8 Å². The molecule has 1 aromatic rings. The first-order chi connectivity index (χ1) is 9.92. The number of hydrogen-bond acceptors (Lipinski definition) is 3. The van der Waals surface area contributed by atoms with E-state index in [-0.39, 0.29) is 12.2 Å². The third-order valence-corrected chi connectivity index (χ3v) is 3.12. The third-order valence-electron chi connectivity index (χ3n) is 3.12. The summed E-state index contributed by atoms with van der Waals surface area (Å²) >= 11 is 0. The molecular weight excluding hydrogens is 264 g/mol. The van der Waals surface area contributed by atoms with Gasteiger partial charge < -0.3 is 14.3 Å². The van der Waals surface area contributed by atoms with Gasteiger partial charge in [0, 0.05) is 20.1 Å². The highest BCUT2D eigenvalue weighted by molar-refractivity contribution is 5.53. The molecule has 0 aliphatic rings. The first kappa shape index (κ1) is 19.8. The monoisotopic (exact) mass is 294 g/mol. The lowest BCUT2D eigenvalue weighted by Crippen LogP contribution is -2.05. The zero-order valence-corrected chi connectivity index (χ0v) is 14.3. The first-order valence-electron chi connectivity index (χ1n) is 7.51. The molecule has 0 radical (unpaired) electrons. The van der Waals surface area contributed by atoms with Crippen LogP contribution in [0, 0.1) is 11.8 Å². The molecule has 0 bridgehead atoms. The van der Waals surface area contributed by atoms with Crippen LogP contribution in [0.25, 0.3) is 0 Å². The second-order valence-electron chi connectivity index (χ2n) is 5.77. The zero-order valence-electron chi connectivity index (χ0n) is 14.3. The minimum absolute atomic E-state index is 0.0648. The maximum absolute atomic E-state index is 10.5. The number of aldehydes is 1. The molecule has 0 saturated heterocycles. The maximum Gasteiger partial charge on any atom is 0.154 e. The molecule has 1 rings (SSSR count). The number of carbonyl (C=O) groups is 1. The van der Waals surface area contributed by atoms with Gasteiger partial charge in [0.05, 0.1) is 0 Å². The summed E-state index contributed by atoms with van der Waals surface area (Å²) in [5, 5.41) is 0. The average Bonchev–Trinajstić information content (AvgIpc) is 2.48. The summed E-state index contributed by atoms with van der Waals surface area (Å²) < 4.78 is 9.35. The van der Waals surface area contributed by atoms with E-state index in [2.05, 4.69) is 47.6 Å². The Labute approximate surface area is 129 Å². The molecule has 0 fully saturated rings. The first-order valence-corrected chi connectivity index (χ1v) is 7.51. The van der Waals surface area contributed by atoms with Crippen molar-refractivity contribution < 1.29 is 14.3 Å². The van der Waals surface area contributed by atoms with Gasteiger partial charge in [-0.05, 0) is 36.8 Å². The summed E-state index contributed by atoms with van der Waals surface area (Å²) in [6.45, 7) is 8.24. The van der Waals surface area contributed by atoms with Crippen LogP contribution in [0.4, 0.5) is 0 Å². The van der Waals surface area contributed by atoms with E-state index in [0.29, 0.717) is 5.92 Å². The summed E-state index contributed by atoms with van der Waals surface area (Å²) in [7, 11) is 3.21. The Balaban J connectivity index is 0.000000567. The fraction of sp³-hybridized carbons (Fsp3) is 0.611. The Morgan fingerprint density at radius 3 is 1.62 bits per heavy atom. The Morgan fingerprint density at radius 1 is 0.905 bits per heavy atom. The van der Waals surface area contributed by atoms with E-state index < -0.39 is 0 Å². The van der Waals surface area contributed by atoms with Crippen molar-refractivity contribution in [3.8, 4) is 0 Å². The van der Waals surface area contributed by atoms with Gasteiger partial charge in [-0.15, -0.1) is 0 Å². The van der Waals surface area contributed by atoms with Gasteiger partial charge in [0.25, 0.3) is 0 Å². The molecule has 120 valence electrons. The minimum atomic E-state index is -0.0648. The van der Waals surface area contributed by atoms with Gasteiger partial charge in [-0.1, -0.05) is 45.0 Å². The van der Waals surface area contributed by atoms with Crippen molar-refractivity contribution in [2.75, 3.05) is 14.2 Å². The van der Waals surface area contributed by atoms with Gasteiger partial charge in [-0.3, -0.25) is 0 Å². The summed E-state index contributed by atoms with van der Waals surface area (Å²) in [5.41, 5.74) is 2.63. The number of rotatable bonds is 7. The highest BCUT2D eigenvalue weighted by Gasteiger charge is 2.02. The Bertz CT molecular complexity index is 367. The number of hydrogen-bond donors (Lipinski definition) is 0. The van der Waals surface area contributed by atoms with Crippen LogP contribution in [-0.2, 0) is 27.1 Å². The molecule has 0 heterocycles. The molecule has 0 amide bonds. The standard InChI is InChI=1S/C14H20O.C4H10O2/c1-11(2)8-13-4-6-14(7-5-13)9-12(3)10-15;1-4(5-2)6-3/h4-7,10-12H,8-9H2,1-3H3;4H,1-3H3. The Kier molecular flexibility index (Phi) is 10.8. The van der Waals surface area contributed by atoms with Gasteiger partial charge in [0.2, 0.25) is 0 Å². The van der Waals surface area contributed by atoms with Crippen molar-refractivity contribution in [3.63, 3.8) is 0 Å². The lowest BCUT2D eigenvalue weighted by atomic mass is 9.98. The number of ether oxygens (including phenoxy) is 2. The molecule has 1 atom stereocenters. The van der Waals surface area contributed by atoms with Gasteiger partial charge in [0.15, 0.2) is 6.29 Å². The van der Waals surface area contributed by atoms with Crippen molar-refractivity contribution in [1.29, 1.82) is 0 Å². The Morgan fingerprint density at radius 2 is 1.33 bits per heavy atom. The SMILES string of the molecule is CC(C)Cc1ccc(CC(C)C=O)cc1.COC(C)OC. The summed E-state index contributed by atoms with van der Waals surface area (Å²) in [6.07, 6.45) is 2.93. The molecule has 3 nitrogen and oxygen atoms in total. The maximum atomic E-state index is 10.5. The number of methoxy groups -OCH3 is 2. The van der Waals surface area contributed by atoms with E-state index in [9.17, 15) is 4.79 Å². The van der Waals surface area contributed by atoms with E-state index in [1.165, 1.54) is 11.1 Å². The quantitative estimate of drug-likeness (QED) is 0.565. The normalized spacial score (nSPS) is 12.0. The van der Waals surface area contributed by atoms with Gasteiger partial charge in [0.1, 0.15) is 6.29 Å². The van der Waals surface area contributed by atoms with Crippen LogP contribution in [0.15, 0.2) is 24.3 Å². The molecule has 3 heteroatoms. The fourth-order valence-electron chi connectivity index (χ4n) is 1.80. The van der Waals surface area contributed by atoms with Crippen molar-refractivity contribution in [3.05, 3.63) is 35.4 Å². The van der Waals surface area contributed by atoms with Crippen LogP contribution in [0.2, 0.25) is 0 Å². The predicted octanol–water partition coefficient (Wildman–Crippen LogP) is 3.89. The van der Waals surface area contributed by atoms with E-state index in [0.717, 1.165) is 19.1 Å². The molecule has 21 heavy (non-hydrogen) atoms. The van der Waals surface area contributed by atoms with Gasteiger partial charge in [-0.25, -0.2) is 0 Å². The predicted molar refractivity (Wildman–Crippen MR) is 87.4 cm³/mol. The molecule has 0 aliphatic carbocycles. The summed E-state index contributed by atoms with van der Waals surface area (Å²) in [4.78, 5) is 10.5. The van der Waals surface area contributed by atoms with Gasteiger partial charge in [-0.2, -0.15) is 0 Å². The van der Waals surface area contributed by atoms with Crippen LogP contribution >= 0.6 is 0 Å². The molecule has 0 aliphatic heterocycles. The number of carbonyl (C=O) groups excluding carboxylic acids is 1. The van der Waals surface area contributed by atoms with Crippen molar-refractivity contribution in [2.45, 2.75) is 46.8 Å². The Hall–Kier alpha value is -1.19. The van der Waals surface area contributed by atoms with E-state index >= 15 is 0 Å². The summed E-state index contributed by atoms with van der Waals surface area (Å²) in [6, 6.07) is 8.62. The highest BCUT2D eigenvalue weighted by Crippen LogP contribution is 2.12. The van der Waals surface area contributed by atoms with Crippen LogP contribution in [0.3, 0.4) is 0 Å². The van der Waals surface area contributed by atoms with E-state index in [1.54, 1.807) is 14.2 Å². The fourth-order valence-corrected chi connectivity index (χ4v) is 1.80. The summed E-state index contributed by atoms with van der Waals surface area (Å²) in [5.74, 6) is 0.825. The molecule has 0 saturated carbocycles. The second-order valence-corrected chi connectivity index (χ2v) is 5.77. The molecule has 0 N–H and O–H groups in total. The van der Waals surface area contributed by atoms with E-state index in [1.807, 2.05) is 13.8 Å². The molecular formula is C18H30O3. The van der Waals surface area contributed by atoms with E-state index in [4.69, 9.17) is 0 Å². The molecule has 0 aromatic heterocycles. The van der Waals surface area contributed by atoms with Crippen LogP contribution in [0.5, 0.6) is 0 Å². The van der Waals surface area contributed by atoms with Gasteiger partial charge >= 0.3 is 0 Å². The minimum Gasteiger partial charge on any atom is -0.356 e. The van der Waals surface area contributed by atoms with Crippen molar-refractivity contribution >= 4 is 6.29 Å². The van der Waals surface area contributed by atoms with Crippen LogP contribution in [0.1, 0.15) is 38.8 Å². The van der Waals surface area contributed by atoms with Crippen LogP contribution < -0.4 is 0 Å². The largest absolute Gasteiger partial charge is 0.356 e. The van der Waals surface area contributed by atoms with Crippen molar-refractivity contribution in [2.24, 2.45) is 11.8 Å². The molecule has 0 spiro atoms. The second kappa shape index (κ2) is 11.5. The topological polar surface area (TPSA) is 35.5 Å².